The van der Waals surface area contributed by atoms with Gasteiger partial charge in [-0.15, -0.1) is 0 Å². The summed E-state index contributed by atoms with van der Waals surface area (Å²) in [5.41, 5.74) is 0.828. The molecule has 100 valence electrons. The largest absolute Gasteiger partial charge is 0.370 e. The molecule has 1 aromatic heterocycles. The van der Waals surface area contributed by atoms with Crippen molar-refractivity contribution in [2.24, 2.45) is 0 Å². The summed E-state index contributed by atoms with van der Waals surface area (Å²) in [6.45, 7) is 2.98. The summed E-state index contributed by atoms with van der Waals surface area (Å²) in [7, 11) is 0. The molecule has 2 N–H and O–H groups in total. The van der Waals surface area contributed by atoms with Gasteiger partial charge >= 0.3 is 0 Å². The number of nitrogens with zero attached hydrogens (tertiary/aromatic N) is 2. The predicted octanol–water partition coefficient (Wildman–Crippen LogP) is 4.35. The van der Waals surface area contributed by atoms with Crippen molar-refractivity contribution in [3.8, 4) is 0 Å². The van der Waals surface area contributed by atoms with Gasteiger partial charge in [-0.05, 0) is 24.6 Å². The van der Waals surface area contributed by atoms with Gasteiger partial charge in [0.05, 0.1) is 10.0 Å². The summed E-state index contributed by atoms with van der Waals surface area (Å²) in [5.74, 6) is 1.49. The lowest BCUT2D eigenvalue weighted by Gasteiger charge is -2.08. The third kappa shape index (κ3) is 3.98. The van der Waals surface area contributed by atoms with Gasteiger partial charge in [0.25, 0.3) is 0 Å². The van der Waals surface area contributed by atoms with Crippen LogP contribution in [0.3, 0.4) is 0 Å². The van der Waals surface area contributed by atoms with Gasteiger partial charge in [0.1, 0.15) is 18.0 Å². The SMILES string of the molecule is CCCNc1cc(Nc2ccc(Cl)c(Cl)c2)ncn1. The quantitative estimate of drug-likeness (QED) is 0.861. The topological polar surface area (TPSA) is 49.8 Å². The molecule has 6 heteroatoms. The fourth-order valence-electron chi connectivity index (χ4n) is 1.50. The zero-order valence-corrected chi connectivity index (χ0v) is 12.0. The average molecular weight is 297 g/mol. The smallest absolute Gasteiger partial charge is 0.135 e. The number of hydrogen-bond donors (Lipinski definition) is 2. The van der Waals surface area contributed by atoms with Crippen LogP contribution in [-0.4, -0.2) is 16.5 Å². The summed E-state index contributed by atoms with van der Waals surface area (Å²) in [4.78, 5) is 8.30. The third-order valence-electron chi connectivity index (χ3n) is 2.42. The van der Waals surface area contributed by atoms with Crippen LogP contribution in [0.5, 0.6) is 0 Å². The van der Waals surface area contributed by atoms with Gasteiger partial charge in [-0.1, -0.05) is 30.1 Å². The molecule has 0 saturated heterocycles. The van der Waals surface area contributed by atoms with Gasteiger partial charge in [0, 0.05) is 18.3 Å². The first-order valence-corrected chi connectivity index (χ1v) is 6.72. The first kappa shape index (κ1) is 13.9. The Balaban J connectivity index is 2.11. The number of aromatic nitrogens is 2. The van der Waals surface area contributed by atoms with Crippen molar-refractivity contribution in [3.05, 3.63) is 40.6 Å². The second-order valence-corrected chi connectivity index (χ2v) is 4.78. The molecular weight excluding hydrogens is 283 g/mol. The Labute approximate surface area is 122 Å². The molecule has 0 atom stereocenters. The lowest BCUT2D eigenvalue weighted by molar-refractivity contribution is 0.965. The van der Waals surface area contributed by atoms with E-state index < -0.39 is 0 Å². The van der Waals surface area contributed by atoms with E-state index in [-0.39, 0.29) is 0 Å². The lowest BCUT2D eigenvalue weighted by Crippen LogP contribution is -2.03. The summed E-state index contributed by atoms with van der Waals surface area (Å²) in [6.07, 6.45) is 2.55. The molecule has 4 nitrogen and oxygen atoms in total. The fourth-order valence-corrected chi connectivity index (χ4v) is 1.80. The number of hydrogen-bond acceptors (Lipinski definition) is 4. The Bertz CT molecular complexity index is 560. The highest BCUT2D eigenvalue weighted by molar-refractivity contribution is 6.42. The van der Waals surface area contributed by atoms with Crippen LogP contribution in [0.15, 0.2) is 30.6 Å². The molecule has 2 aromatic rings. The maximum Gasteiger partial charge on any atom is 0.135 e. The molecule has 19 heavy (non-hydrogen) atoms. The van der Waals surface area contributed by atoms with Crippen LogP contribution in [0.25, 0.3) is 0 Å². The van der Waals surface area contributed by atoms with E-state index in [0.29, 0.717) is 15.9 Å². The number of nitrogens with one attached hydrogen (secondary N) is 2. The Morgan fingerprint density at radius 1 is 1.05 bits per heavy atom. The maximum absolute atomic E-state index is 5.96. The Morgan fingerprint density at radius 2 is 1.84 bits per heavy atom. The number of benzene rings is 1. The minimum atomic E-state index is 0.505. The van der Waals surface area contributed by atoms with Gasteiger partial charge in [-0.3, -0.25) is 0 Å². The van der Waals surface area contributed by atoms with Crippen molar-refractivity contribution in [2.45, 2.75) is 13.3 Å². The Hall–Kier alpha value is -1.52. The van der Waals surface area contributed by atoms with Crippen molar-refractivity contribution < 1.29 is 0 Å². The zero-order chi connectivity index (χ0) is 13.7. The number of anilines is 3. The van der Waals surface area contributed by atoms with Crippen molar-refractivity contribution in [3.63, 3.8) is 0 Å². The van der Waals surface area contributed by atoms with Crippen molar-refractivity contribution in [1.29, 1.82) is 0 Å². The summed E-state index contributed by atoms with van der Waals surface area (Å²) >= 11 is 11.8. The monoisotopic (exact) mass is 296 g/mol. The first-order chi connectivity index (χ1) is 9.19. The van der Waals surface area contributed by atoms with Crippen LogP contribution in [0.4, 0.5) is 17.3 Å². The predicted molar refractivity (Wildman–Crippen MR) is 80.6 cm³/mol. The van der Waals surface area contributed by atoms with Gasteiger partial charge in [-0.2, -0.15) is 0 Å². The van der Waals surface area contributed by atoms with E-state index in [1.807, 2.05) is 12.1 Å². The molecule has 0 amide bonds. The van der Waals surface area contributed by atoms with E-state index >= 15 is 0 Å². The second-order valence-electron chi connectivity index (χ2n) is 3.97. The van der Waals surface area contributed by atoms with Crippen molar-refractivity contribution in [1.82, 2.24) is 9.97 Å². The van der Waals surface area contributed by atoms with E-state index in [1.54, 1.807) is 12.1 Å². The second kappa shape index (κ2) is 6.59. The zero-order valence-electron chi connectivity index (χ0n) is 10.5. The van der Waals surface area contributed by atoms with Crippen LogP contribution in [-0.2, 0) is 0 Å². The molecule has 2 rings (SSSR count). The third-order valence-corrected chi connectivity index (χ3v) is 3.15. The lowest BCUT2D eigenvalue weighted by atomic mass is 10.3. The molecular formula is C13H14Cl2N4. The van der Waals surface area contributed by atoms with Crippen LogP contribution in [0, 0.1) is 0 Å². The van der Waals surface area contributed by atoms with E-state index in [2.05, 4.69) is 27.5 Å². The molecule has 0 fully saturated rings. The van der Waals surface area contributed by atoms with E-state index in [0.717, 1.165) is 24.5 Å². The summed E-state index contributed by atoms with van der Waals surface area (Å²) in [6, 6.07) is 7.18. The molecule has 0 saturated carbocycles. The van der Waals surface area contributed by atoms with Gasteiger partial charge in [0.15, 0.2) is 0 Å². The van der Waals surface area contributed by atoms with Crippen LogP contribution < -0.4 is 10.6 Å². The molecule has 0 aliphatic carbocycles. The van der Waals surface area contributed by atoms with E-state index in [9.17, 15) is 0 Å². The van der Waals surface area contributed by atoms with Crippen molar-refractivity contribution >= 4 is 40.5 Å². The molecule has 1 aromatic carbocycles. The van der Waals surface area contributed by atoms with Crippen LogP contribution in [0.2, 0.25) is 10.0 Å². The minimum absolute atomic E-state index is 0.505. The number of halogens is 2. The summed E-state index contributed by atoms with van der Waals surface area (Å²) < 4.78 is 0. The van der Waals surface area contributed by atoms with Crippen LogP contribution in [0.1, 0.15) is 13.3 Å². The van der Waals surface area contributed by atoms with Crippen LogP contribution >= 0.6 is 23.2 Å². The number of rotatable bonds is 5. The highest BCUT2D eigenvalue weighted by Gasteiger charge is 2.02. The van der Waals surface area contributed by atoms with E-state index in [1.165, 1.54) is 6.33 Å². The van der Waals surface area contributed by atoms with Gasteiger partial charge in [0.2, 0.25) is 0 Å². The van der Waals surface area contributed by atoms with E-state index in [4.69, 9.17) is 23.2 Å². The molecule has 0 radical (unpaired) electrons. The molecule has 0 aliphatic rings. The Morgan fingerprint density at radius 3 is 2.58 bits per heavy atom. The standard InChI is InChI=1S/C13H14Cl2N4/c1-2-5-16-12-7-13(18-8-17-12)19-9-3-4-10(14)11(15)6-9/h3-4,6-8H,2,5H2,1H3,(H2,16,17,18,19). The highest BCUT2D eigenvalue weighted by atomic mass is 35.5. The summed E-state index contributed by atoms with van der Waals surface area (Å²) in [5, 5.41) is 7.39. The van der Waals surface area contributed by atoms with Gasteiger partial charge < -0.3 is 10.6 Å². The average Bonchev–Trinajstić information content (AvgIpc) is 2.41. The fraction of sp³-hybridized carbons (Fsp3) is 0.231. The van der Waals surface area contributed by atoms with Crippen molar-refractivity contribution in [2.75, 3.05) is 17.2 Å². The van der Waals surface area contributed by atoms with Gasteiger partial charge in [-0.25, -0.2) is 9.97 Å². The highest BCUT2D eigenvalue weighted by Crippen LogP contribution is 2.26. The molecule has 0 aliphatic heterocycles. The minimum Gasteiger partial charge on any atom is -0.370 e. The molecule has 1 heterocycles. The molecule has 0 bridgehead atoms. The Kier molecular flexibility index (Phi) is 4.82. The first-order valence-electron chi connectivity index (χ1n) is 5.97. The normalized spacial score (nSPS) is 10.3. The molecule has 0 spiro atoms. The molecule has 0 unspecified atom stereocenters. The maximum atomic E-state index is 5.96.